The van der Waals surface area contributed by atoms with Gasteiger partial charge in [-0.15, -0.1) is 0 Å². The van der Waals surface area contributed by atoms with Gasteiger partial charge in [0.05, 0.1) is 19.8 Å². The maximum atomic E-state index is 13.3. The maximum absolute atomic E-state index is 13.3. The number of ether oxygens (including phenoxy) is 3. The number of carbonyl (C=O) groups is 1. The first-order valence-corrected chi connectivity index (χ1v) is 12.2. The number of rotatable bonds is 9. The number of aryl methyl sites for hydroxylation is 2. The summed E-state index contributed by atoms with van der Waals surface area (Å²) in [6, 6.07) is 13.1. The summed E-state index contributed by atoms with van der Waals surface area (Å²) >= 11 is 0. The van der Waals surface area contributed by atoms with Gasteiger partial charge in [0.15, 0.2) is 17.1 Å². The molecule has 4 aromatic rings. The molecular weight excluding hydrogens is 456 g/mol. The molecule has 0 atom stereocenters. The van der Waals surface area contributed by atoms with E-state index in [0.29, 0.717) is 54.2 Å². The molecule has 0 unspecified atom stereocenters. The molecule has 0 spiro atoms. The largest absolute Gasteiger partial charge is 0.490 e. The van der Waals surface area contributed by atoms with Crippen LogP contribution in [0.2, 0.25) is 0 Å². The Bertz CT molecular complexity index is 1380. The van der Waals surface area contributed by atoms with E-state index in [-0.39, 0.29) is 5.91 Å². The molecule has 0 aliphatic rings. The summed E-state index contributed by atoms with van der Waals surface area (Å²) in [4.78, 5) is 18.0. The molecule has 3 aromatic carbocycles. The van der Waals surface area contributed by atoms with Crippen LogP contribution in [0.4, 0.5) is 5.69 Å². The number of benzene rings is 3. The normalized spacial score (nSPS) is 10.9. The summed E-state index contributed by atoms with van der Waals surface area (Å²) in [5.41, 5.74) is 6.50. The number of anilines is 1. The molecule has 0 saturated carbocycles. The van der Waals surface area contributed by atoms with Crippen molar-refractivity contribution in [2.45, 2.75) is 41.5 Å². The Labute approximate surface area is 211 Å². The third kappa shape index (κ3) is 5.00. The predicted molar refractivity (Wildman–Crippen MR) is 142 cm³/mol. The van der Waals surface area contributed by atoms with Crippen molar-refractivity contribution in [3.05, 3.63) is 64.7 Å². The minimum absolute atomic E-state index is 0.288. The van der Waals surface area contributed by atoms with Crippen LogP contribution in [0, 0.1) is 20.8 Å². The SMILES string of the molecule is CCOc1cc(C(=O)Nc2cccc(-c3nc4cc(C)cc(C)c4o3)c2C)cc(OCC)c1OCC. The molecule has 36 heavy (non-hydrogen) atoms. The Morgan fingerprint density at radius 3 is 2.22 bits per heavy atom. The van der Waals surface area contributed by atoms with E-state index in [1.165, 1.54) is 0 Å². The Morgan fingerprint density at radius 1 is 0.917 bits per heavy atom. The number of carbonyl (C=O) groups excluding carboxylic acids is 1. The lowest BCUT2D eigenvalue weighted by molar-refractivity contribution is 0.102. The number of hydrogen-bond donors (Lipinski definition) is 1. The Hall–Kier alpha value is -4.00. The van der Waals surface area contributed by atoms with Crippen LogP contribution in [0.1, 0.15) is 47.8 Å². The number of aromatic nitrogens is 1. The molecule has 0 aliphatic carbocycles. The summed E-state index contributed by atoms with van der Waals surface area (Å²) in [6.07, 6.45) is 0. The molecule has 1 amide bonds. The molecule has 0 aliphatic heterocycles. The molecule has 1 aromatic heterocycles. The van der Waals surface area contributed by atoms with Gasteiger partial charge in [-0.3, -0.25) is 4.79 Å². The monoisotopic (exact) mass is 488 g/mol. The van der Waals surface area contributed by atoms with Crippen LogP contribution in [-0.4, -0.2) is 30.7 Å². The molecule has 0 saturated heterocycles. The molecule has 1 N–H and O–H groups in total. The van der Waals surface area contributed by atoms with Gasteiger partial charge in [0.2, 0.25) is 11.6 Å². The van der Waals surface area contributed by atoms with Crippen molar-refractivity contribution < 1.29 is 23.4 Å². The maximum Gasteiger partial charge on any atom is 0.255 e. The molecule has 1 heterocycles. The highest BCUT2D eigenvalue weighted by molar-refractivity contribution is 6.06. The molecular formula is C29H32N2O5. The number of nitrogens with zero attached hydrogens (tertiary/aromatic N) is 1. The summed E-state index contributed by atoms with van der Waals surface area (Å²) in [5.74, 6) is 1.67. The topological polar surface area (TPSA) is 82.8 Å². The molecule has 0 fully saturated rings. The smallest absolute Gasteiger partial charge is 0.255 e. The van der Waals surface area contributed by atoms with E-state index in [9.17, 15) is 4.79 Å². The minimum Gasteiger partial charge on any atom is -0.490 e. The van der Waals surface area contributed by atoms with Crippen molar-refractivity contribution in [2.24, 2.45) is 0 Å². The van der Waals surface area contributed by atoms with E-state index in [1.54, 1.807) is 12.1 Å². The third-order valence-electron chi connectivity index (χ3n) is 5.80. The highest BCUT2D eigenvalue weighted by Gasteiger charge is 2.20. The summed E-state index contributed by atoms with van der Waals surface area (Å²) in [5, 5.41) is 3.02. The molecule has 4 rings (SSSR count). The van der Waals surface area contributed by atoms with Gasteiger partial charge >= 0.3 is 0 Å². The van der Waals surface area contributed by atoms with Gasteiger partial charge in [-0.05, 0) is 88.6 Å². The van der Waals surface area contributed by atoms with Gasteiger partial charge in [-0.2, -0.15) is 0 Å². The van der Waals surface area contributed by atoms with Crippen LogP contribution in [0.15, 0.2) is 46.9 Å². The summed E-state index contributed by atoms with van der Waals surface area (Å²) in [7, 11) is 0. The zero-order valence-corrected chi connectivity index (χ0v) is 21.7. The molecule has 7 heteroatoms. The van der Waals surface area contributed by atoms with Gasteiger partial charge in [0.25, 0.3) is 5.91 Å². The quantitative estimate of drug-likeness (QED) is 0.277. The number of oxazole rings is 1. The first kappa shape index (κ1) is 25.1. The number of nitrogens with one attached hydrogen (secondary N) is 1. The fraction of sp³-hybridized carbons (Fsp3) is 0.310. The van der Waals surface area contributed by atoms with Gasteiger partial charge in [-0.1, -0.05) is 12.1 Å². The average Bonchev–Trinajstić information content (AvgIpc) is 3.26. The fourth-order valence-corrected chi connectivity index (χ4v) is 4.21. The van der Waals surface area contributed by atoms with Crippen molar-refractivity contribution in [2.75, 3.05) is 25.1 Å². The molecule has 7 nitrogen and oxygen atoms in total. The Morgan fingerprint density at radius 2 is 1.58 bits per heavy atom. The van der Waals surface area contributed by atoms with E-state index in [0.717, 1.165) is 33.4 Å². The second kappa shape index (κ2) is 10.7. The van der Waals surface area contributed by atoms with Gasteiger partial charge in [0, 0.05) is 16.8 Å². The van der Waals surface area contributed by atoms with Crippen LogP contribution < -0.4 is 19.5 Å². The lowest BCUT2D eigenvalue weighted by Crippen LogP contribution is -2.14. The highest BCUT2D eigenvalue weighted by atomic mass is 16.5. The van der Waals surface area contributed by atoms with Crippen molar-refractivity contribution in [3.8, 4) is 28.7 Å². The van der Waals surface area contributed by atoms with Crippen LogP contribution in [0.5, 0.6) is 17.2 Å². The summed E-state index contributed by atoms with van der Waals surface area (Å²) < 4.78 is 23.4. The van der Waals surface area contributed by atoms with Crippen molar-refractivity contribution in [3.63, 3.8) is 0 Å². The Balaban J connectivity index is 1.68. The first-order chi connectivity index (χ1) is 17.4. The molecule has 188 valence electrons. The van der Waals surface area contributed by atoms with E-state index in [1.807, 2.05) is 65.8 Å². The van der Waals surface area contributed by atoms with E-state index in [2.05, 4.69) is 11.4 Å². The molecule has 0 radical (unpaired) electrons. The number of hydrogen-bond acceptors (Lipinski definition) is 6. The average molecular weight is 489 g/mol. The first-order valence-electron chi connectivity index (χ1n) is 12.2. The van der Waals surface area contributed by atoms with Crippen LogP contribution in [0.25, 0.3) is 22.6 Å². The van der Waals surface area contributed by atoms with Crippen molar-refractivity contribution in [1.82, 2.24) is 4.98 Å². The van der Waals surface area contributed by atoms with E-state index < -0.39 is 0 Å². The van der Waals surface area contributed by atoms with Gasteiger partial charge in [-0.25, -0.2) is 4.98 Å². The van der Waals surface area contributed by atoms with Crippen LogP contribution in [0.3, 0.4) is 0 Å². The lowest BCUT2D eigenvalue weighted by atomic mass is 10.1. The second-order valence-corrected chi connectivity index (χ2v) is 8.48. The third-order valence-corrected chi connectivity index (χ3v) is 5.80. The zero-order valence-electron chi connectivity index (χ0n) is 21.7. The molecule has 0 bridgehead atoms. The second-order valence-electron chi connectivity index (χ2n) is 8.48. The van der Waals surface area contributed by atoms with E-state index in [4.69, 9.17) is 23.6 Å². The van der Waals surface area contributed by atoms with Crippen molar-refractivity contribution >= 4 is 22.7 Å². The summed E-state index contributed by atoms with van der Waals surface area (Å²) in [6.45, 7) is 13.0. The van der Waals surface area contributed by atoms with Gasteiger partial charge in [0.1, 0.15) is 5.52 Å². The van der Waals surface area contributed by atoms with Crippen LogP contribution in [-0.2, 0) is 0 Å². The fourth-order valence-electron chi connectivity index (χ4n) is 4.21. The predicted octanol–water partition coefficient (Wildman–Crippen LogP) is 6.87. The van der Waals surface area contributed by atoms with Crippen LogP contribution >= 0.6 is 0 Å². The van der Waals surface area contributed by atoms with E-state index >= 15 is 0 Å². The minimum atomic E-state index is -0.288. The highest BCUT2D eigenvalue weighted by Crippen LogP contribution is 2.39. The number of amides is 1. The van der Waals surface area contributed by atoms with Crippen molar-refractivity contribution in [1.29, 1.82) is 0 Å². The zero-order chi connectivity index (χ0) is 25.8. The Kier molecular flexibility index (Phi) is 7.48. The van der Waals surface area contributed by atoms with Gasteiger partial charge < -0.3 is 23.9 Å². The standard InChI is InChI=1S/C29H32N2O5/c1-7-33-24-15-20(16-25(34-8-2)27(24)35-9-3)28(32)30-22-12-10-11-21(19(22)6)29-31-23-14-17(4)13-18(5)26(23)36-29/h10-16H,7-9H2,1-6H3,(H,30,32). The lowest BCUT2D eigenvalue weighted by Gasteiger charge is -2.17. The number of fused-ring (bicyclic) bond motifs is 1.